The summed E-state index contributed by atoms with van der Waals surface area (Å²) < 4.78 is 0. The highest BCUT2D eigenvalue weighted by molar-refractivity contribution is 5.66. The van der Waals surface area contributed by atoms with Crippen LogP contribution in [0.1, 0.15) is 5.56 Å². The van der Waals surface area contributed by atoms with Crippen LogP contribution < -0.4 is 16.2 Å². The molecule has 3 N–H and O–H groups in total. The van der Waals surface area contributed by atoms with Crippen LogP contribution in [-0.2, 0) is 6.54 Å². The lowest BCUT2D eigenvalue weighted by atomic mass is 10.2. The summed E-state index contributed by atoms with van der Waals surface area (Å²) in [7, 11) is 1.90. The summed E-state index contributed by atoms with van der Waals surface area (Å²) in [6.45, 7) is 0.783. The summed E-state index contributed by atoms with van der Waals surface area (Å²) in [5.74, 6) is 0. The smallest absolute Gasteiger partial charge is 0.0752 e. The fraction of sp³-hybridized carbons (Fsp3) is 0.143. The number of hydrogen-bond donors (Lipinski definition) is 2. The maximum Gasteiger partial charge on any atom is 0.0752 e. The SMILES string of the molecule is CNN(Cc1ccccc1)c1ccccc1N. The molecule has 3 heteroatoms. The molecule has 0 unspecified atom stereocenters. The van der Waals surface area contributed by atoms with E-state index in [1.54, 1.807) is 0 Å². The van der Waals surface area contributed by atoms with Gasteiger partial charge in [0.1, 0.15) is 0 Å². The van der Waals surface area contributed by atoms with Crippen LogP contribution in [0.2, 0.25) is 0 Å². The van der Waals surface area contributed by atoms with Crippen LogP contribution in [0.25, 0.3) is 0 Å². The topological polar surface area (TPSA) is 41.3 Å². The number of nitrogens with zero attached hydrogens (tertiary/aromatic N) is 1. The average Bonchev–Trinajstić information content (AvgIpc) is 2.38. The second-order valence-electron chi connectivity index (χ2n) is 3.85. The van der Waals surface area contributed by atoms with E-state index in [2.05, 4.69) is 17.6 Å². The molecule has 0 bridgehead atoms. The Labute approximate surface area is 102 Å². The number of hydrogen-bond acceptors (Lipinski definition) is 3. The summed E-state index contributed by atoms with van der Waals surface area (Å²) >= 11 is 0. The molecule has 0 aromatic heterocycles. The summed E-state index contributed by atoms with van der Waals surface area (Å²) in [5.41, 5.74) is 12.1. The predicted octanol–water partition coefficient (Wildman–Crippen LogP) is 2.41. The van der Waals surface area contributed by atoms with E-state index >= 15 is 0 Å². The number of nitrogens with two attached hydrogens (primary N) is 1. The van der Waals surface area contributed by atoms with E-state index < -0.39 is 0 Å². The van der Waals surface area contributed by atoms with Gasteiger partial charge in [-0.3, -0.25) is 0 Å². The van der Waals surface area contributed by atoms with Gasteiger partial charge in [0.05, 0.1) is 17.9 Å². The first kappa shape index (κ1) is 11.5. The third kappa shape index (κ3) is 2.77. The fourth-order valence-electron chi connectivity index (χ4n) is 1.78. The lowest BCUT2D eigenvalue weighted by molar-refractivity contribution is 0.703. The zero-order chi connectivity index (χ0) is 12.1. The van der Waals surface area contributed by atoms with Crippen LogP contribution in [0.5, 0.6) is 0 Å². The standard InChI is InChI=1S/C14H17N3/c1-16-17(11-12-7-3-2-4-8-12)14-10-6-5-9-13(14)15/h2-10,16H,11,15H2,1H3. The summed E-state index contributed by atoms with van der Waals surface area (Å²) in [4.78, 5) is 0. The van der Waals surface area contributed by atoms with Gasteiger partial charge < -0.3 is 10.7 Å². The van der Waals surface area contributed by atoms with Crippen molar-refractivity contribution in [1.82, 2.24) is 5.43 Å². The number of anilines is 2. The van der Waals surface area contributed by atoms with E-state index in [1.807, 2.05) is 54.5 Å². The van der Waals surface area contributed by atoms with Crippen LogP contribution in [0, 0.1) is 0 Å². The molecule has 2 rings (SSSR count). The van der Waals surface area contributed by atoms with Gasteiger partial charge in [0.15, 0.2) is 0 Å². The van der Waals surface area contributed by atoms with Crippen molar-refractivity contribution in [3.63, 3.8) is 0 Å². The van der Waals surface area contributed by atoms with Gasteiger partial charge in [-0.15, -0.1) is 0 Å². The predicted molar refractivity (Wildman–Crippen MR) is 72.5 cm³/mol. The van der Waals surface area contributed by atoms with E-state index in [0.717, 1.165) is 17.9 Å². The van der Waals surface area contributed by atoms with Crippen molar-refractivity contribution in [3.8, 4) is 0 Å². The monoisotopic (exact) mass is 227 g/mol. The van der Waals surface area contributed by atoms with Gasteiger partial charge in [0, 0.05) is 7.05 Å². The van der Waals surface area contributed by atoms with Gasteiger partial charge >= 0.3 is 0 Å². The van der Waals surface area contributed by atoms with Crippen LogP contribution in [-0.4, -0.2) is 7.05 Å². The van der Waals surface area contributed by atoms with E-state index in [1.165, 1.54) is 5.56 Å². The Morgan fingerprint density at radius 1 is 1.00 bits per heavy atom. The minimum Gasteiger partial charge on any atom is -0.397 e. The van der Waals surface area contributed by atoms with E-state index in [0.29, 0.717) is 0 Å². The molecular weight excluding hydrogens is 210 g/mol. The minimum absolute atomic E-state index is 0.776. The van der Waals surface area contributed by atoms with E-state index in [4.69, 9.17) is 5.73 Å². The van der Waals surface area contributed by atoms with Crippen molar-refractivity contribution in [3.05, 3.63) is 60.2 Å². The molecule has 0 aliphatic rings. The first-order valence-electron chi connectivity index (χ1n) is 5.64. The molecule has 0 heterocycles. The number of rotatable bonds is 4. The summed E-state index contributed by atoms with van der Waals surface area (Å²) in [6.07, 6.45) is 0. The molecule has 0 amide bonds. The Balaban J connectivity index is 2.21. The summed E-state index contributed by atoms with van der Waals surface area (Å²) in [6, 6.07) is 18.1. The Kier molecular flexibility index (Phi) is 3.62. The molecule has 0 spiro atoms. The van der Waals surface area contributed by atoms with Crippen molar-refractivity contribution in [1.29, 1.82) is 0 Å². The highest BCUT2D eigenvalue weighted by Gasteiger charge is 2.07. The molecule has 2 aromatic carbocycles. The largest absolute Gasteiger partial charge is 0.397 e. The molecule has 0 atom stereocenters. The van der Waals surface area contributed by atoms with Crippen LogP contribution in [0.3, 0.4) is 0 Å². The molecule has 0 aliphatic heterocycles. The Hall–Kier alpha value is -2.00. The molecule has 0 radical (unpaired) electrons. The normalized spacial score (nSPS) is 10.2. The van der Waals surface area contributed by atoms with Gasteiger partial charge in [-0.25, -0.2) is 5.43 Å². The summed E-state index contributed by atoms with van der Waals surface area (Å²) in [5, 5.41) is 2.03. The maximum atomic E-state index is 5.97. The lowest BCUT2D eigenvalue weighted by Gasteiger charge is -2.24. The van der Waals surface area contributed by atoms with E-state index in [9.17, 15) is 0 Å². The molecule has 2 aromatic rings. The second-order valence-corrected chi connectivity index (χ2v) is 3.85. The number of para-hydroxylation sites is 2. The van der Waals surface area contributed by atoms with Crippen LogP contribution in [0.4, 0.5) is 11.4 Å². The van der Waals surface area contributed by atoms with Crippen molar-refractivity contribution < 1.29 is 0 Å². The van der Waals surface area contributed by atoms with Crippen molar-refractivity contribution >= 4 is 11.4 Å². The van der Waals surface area contributed by atoms with Gasteiger partial charge in [0.2, 0.25) is 0 Å². The number of hydrazine groups is 1. The van der Waals surface area contributed by atoms with Crippen LogP contribution in [0.15, 0.2) is 54.6 Å². The quantitative estimate of drug-likeness (QED) is 0.622. The maximum absolute atomic E-state index is 5.97. The Morgan fingerprint density at radius 2 is 1.65 bits per heavy atom. The van der Waals surface area contributed by atoms with Crippen LogP contribution >= 0.6 is 0 Å². The molecular formula is C14H17N3. The number of nitrogens with one attached hydrogen (secondary N) is 1. The van der Waals surface area contributed by atoms with Gasteiger partial charge in [-0.1, -0.05) is 42.5 Å². The molecule has 3 nitrogen and oxygen atoms in total. The molecule has 17 heavy (non-hydrogen) atoms. The number of benzene rings is 2. The molecule has 0 fully saturated rings. The van der Waals surface area contributed by atoms with Gasteiger partial charge in [-0.2, -0.15) is 0 Å². The molecule has 0 saturated heterocycles. The highest BCUT2D eigenvalue weighted by Crippen LogP contribution is 2.22. The zero-order valence-electron chi connectivity index (χ0n) is 9.93. The first-order chi connectivity index (χ1) is 8.31. The van der Waals surface area contributed by atoms with Gasteiger partial charge in [0.25, 0.3) is 0 Å². The number of nitrogen functional groups attached to an aromatic ring is 1. The third-order valence-corrected chi connectivity index (χ3v) is 2.68. The molecule has 0 saturated carbocycles. The molecule has 0 aliphatic carbocycles. The average molecular weight is 227 g/mol. The second kappa shape index (κ2) is 5.37. The zero-order valence-corrected chi connectivity index (χ0v) is 9.93. The fourth-order valence-corrected chi connectivity index (χ4v) is 1.78. The van der Waals surface area contributed by atoms with E-state index in [-0.39, 0.29) is 0 Å². The first-order valence-corrected chi connectivity index (χ1v) is 5.64. The Morgan fingerprint density at radius 3 is 2.29 bits per heavy atom. The Bertz CT molecular complexity index is 468. The van der Waals surface area contributed by atoms with Crippen molar-refractivity contribution in [2.24, 2.45) is 0 Å². The molecule has 88 valence electrons. The van der Waals surface area contributed by atoms with Crippen molar-refractivity contribution in [2.75, 3.05) is 17.8 Å². The van der Waals surface area contributed by atoms with Crippen molar-refractivity contribution in [2.45, 2.75) is 6.54 Å². The van der Waals surface area contributed by atoms with Gasteiger partial charge in [-0.05, 0) is 17.7 Å². The lowest BCUT2D eigenvalue weighted by Crippen LogP contribution is -2.34. The third-order valence-electron chi connectivity index (χ3n) is 2.68. The highest BCUT2D eigenvalue weighted by atomic mass is 15.5. The minimum atomic E-state index is 0.776.